The minimum atomic E-state index is -0.970. The third kappa shape index (κ3) is 6.07. The van der Waals surface area contributed by atoms with Gasteiger partial charge in [-0.1, -0.05) is 12.1 Å². The van der Waals surface area contributed by atoms with Crippen LogP contribution in [-0.4, -0.2) is 58.1 Å². The second-order valence-corrected chi connectivity index (χ2v) is 7.26. The number of anilines is 1. The summed E-state index contributed by atoms with van der Waals surface area (Å²) in [5, 5.41) is 2.51. The first-order chi connectivity index (χ1) is 13.9. The molecule has 1 aliphatic heterocycles. The van der Waals surface area contributed by atoms with E-state index in [1.807, 2.05) is 12.1 Å². The highest BCUT2D eigenvalue weighted by Gasteiger charge is 2.23. The normalized spacial score (nSPS) is 20.7. The quantitative estimate of drug-likeness (QED) is 0.746. The van der Waals surface area contributed by atoms with Crippen molar-refractivity contribution in [3.63, 3.8) is 0 Å². The van der Waals surface area contributed by atoms with Crippen molar-refractivity contribution in [3.8, 4) is 0 Å². The number of hydrogen-bond donors (Lipinski definition) is 1. The van der Waals surface area contributed by atoms with E-state index in [9.17, 15) is 9.59 Å². The Bertz CT molecular complexity index is 818. The van der Waals surface area contributed by atoms with Gasteiger partial charge in [0.1, 0.15) is 0 Å². The number of rotatable bonds is 6. The van der Waals surface area contributed by atoms with Gasteiger partial charge in [0, 0.05) is 32.0 Å². The fraction of sp³-hybridized carbons (Fsp3) is 0.429. The maximum Gasteiger partial charge on any atom is 0.338 e. The summed E-state index contributed by atoms with van der Waals surface area (Å²) in [6.07, 6.45) is 2.48. The Morgan fingerprint density at radius 3 is 2.41 bits per heavy atom. The average molecular weight is 398 g/mol. The Morgan fingerprint density at radius 1 is 1.17 bits per heavy atom. The molecule has 1 aromatic heterocycles. The molecule has 3 rings (SSSR count). The fourth-order valence-electron chi connectivity index (χ4n) is 3.28. The van der Waals surface area contributed by atoms with Crippen molar-refractivity contribution in [1.29, 1.82) is 0 Å². The van der Waals surface area contributed by atoms with Crippen molar-refractivity contribution in [2.45, 2.75) is 45.6 Å². The monoisotopic (exact) mass is 398 g/mol. The summed E-state index contributed by atoms with van der Waals surface area (Å²) in [6.45, 7) is 8.21. The van der Waals surface area contributed by atoms with Gasteiger partial charge in [0.2, 0.25) is 5.95 Å². The van der Waals surface area contributed by atoms with Crippen LogP contribution in [-0.2, 0) is 20.8 Å². The van der Waals surface area contributed by atoms with Crippen LogP contribution in [0.25, 0.3) is 0 Å². The van der Waals surface area contributed by atoms with Crippen LogP contribution in [0.15, 0.2) is 42.7 Å². The van der Waals surface area contributed by atoms with Gasteiger partial charge in [0.05, 0.1) is 17.8 Å². The first-order valence-electron chi connectivity index (χ1n) is 9.66. The number of carbonyl (C=O) groups excluding carboxylic acids is 2. The van der Waals surface area contributed by atoms with E-state index in [4.69, 9.17) is 9.47 Å². The predicted molar refractivity (Wildman–Crippen MR) is 107 cm³/mol. The van der Waals surface area contributed by atoms with Gasteiger partial charge in [-0.2, -0.15) is 0 Å². The van der Waals surface area contributed by atoms with Crippen molar-refractivity contribution in [2.75, 3.05) is 18.4 Å². The molecular formula is C21H26N4O4. The highest BCUT2D eigenvalue weighted by Crippen LogP contribution is 2.15. The molecule has 0 aliphatic carbocycles. The van der Waals surface area contributed by atoms with Crippen molar-refractivity contribution in [2.24, 2.45) is 0 Å². The Hall–Kier alpha value is -2.84. The molecule has 2 aromatic rings. The van der Waals surface area contributed by atoms with Gasteiger partial charge >= 0.3 is 5.97 Å². The number of carbonyl (C=O) groups is 2. The van der Waals surface area contributed by atoms with Gasteiger partial charge in [0.25, 0.3) is 5.91 Å². The summed E-state index contributed by atoms with van der Waals surface area (Å²) in [4.78, 5) is 34.6. The van der Waals surface area contributed by atoms with Gasteiger partial charge in [-0.25, -0.2) is 14.8 Å². The first-order valence-corrected chi connectivity index (χ1v) is 9.66. The molecule has 1 fully saturated rings. The standard InChI is InChI=1S/C21H26N4O4/c1-14-11-25(12-15(2)28-14)13-17-5-7-18(8-6-17)20(27)29-16(3)19(26)24-21-22-9-4-10-23-21/h4-10,14-16H,11-13H2,1-3H3,(H,22,23,24,26). The summed E-state index contributed by atoms with van der Waals surface area (Å²) in [5.74, 6) is -0.880. The van der Waals surface area contributed by atoms with Crippen LogP contribution in [0.5, 0.6) is 0 Å². The Morgan fingerprint density at radius 2 is 1.79 bits per heavy atom. The molecule has 154 valence electrons. The summed E-state index contributed by atoms with van der Waals surface area (Å²) < 4.78 is 11.0. The van der Waals surface area contributed by atoms with Crippen molar-refractivity contribution in [3.05, 3.63) is 53.9 Å². The Kier molecular flexibility index (Phi) is 6.90. The molecule has 0 saturated carbocycles. The van der Waals surface area contributed by atoms with Crippen molar-refractivity contribution < 1.29 is 19.1 Å². The minimum absolute atomic E-state index is 0.163. The van der Waals surface area contributed by atoms with E-state index in [2.05, 4.69) is 34.0 Å². The van der Waals surface area contributed by atoms with E-state index >= 15 is 0 Å². The van der Waals surface area contributed by atoms with Crippen LogP contribution >= 0.6 is 0 Å². The first kappa shape index (κ1) is 20.9. The molecule has 3 unspecified atom stereocenters. The molecule has 1 saturated heterocycles. The highest BCUT2D eigenvalue weighted by atomic mass is 16.5. The molecule has 0 spiro atoms. The lowest BCUT2D eigenvalue weighted by atomic mass is 10.1. The number of benzene rings is 1. The number of amides is 1. The number of ether oxygens (including phenoxy) is 2. The fourth-order valence-corrected chi connectivity index (χ4v) is 3.28. The second kappa shape index (κ2) is 9.58. The van der Waals surface area contributed by atoms with Gasteiger partial charge in [-0.05, 0) is 44.5 Å². The number of esters is 1. The minimum Gasteiger partial charge on any atom is -0.449 e. The summed E-state index contributed by atoms with van der Waals surface area (Å²) in [5.41, 5.74) is 1.50. The van der Waals surface area contributed by atoms with E-state index < -0.39 is 18.0 Å². The number of nitrogens with zero attached hydrogens (tertiary/aromatic N) is 3. The van der Waals surface area contributed by atoms with Crippen LogP contribution in [0.3, 0.4) is 0 Å². The van der Waals surface area contributed by atoms with Gasteiger partial charge in [0.15, 0.2) is 6.10 Å². The summed E-state index contributed by atoms with van der Waals surface area (Å²) in [7, 11) is 0. The summed E-state index contributed by atoms with van der Waals surface area (Å²) in [6, 6.07) is 8.89. The van der Waals surface area contributed by atoms with Crippen LogP contribution in [0.1, 0.15) is 36.7 Å². The molecule has 8 nitrogen and oxygen atoms in total. The second-order valence-electron chi connectivity index (χ2n) is 7.26. The third-order valence-electron chi connectivity index (χ3n) is 4.54. The average Bonchev–Trinajstić information content (AvgIpc) is 2.68. The lowest BCUT2D eigenvalue weighted by molar-refractivity contribution is -0.123. The topological polar surface area (TPSA) is 93.7 Å². The SMILES string of the molecule is CC1CN(Cc2ccc(C(=O)OC(C)C(=O)Nc3ncccn3)cc2)CC(C)O1. The van der Waals surface area contributed by atoms with E-state index in [0.717, 1.165) is 25.2 Å². The molecule has 1 N–H and O–H groups in total. The predicted octanol–water partition coefficient (Wildman–Crippen LogP) is 2.27. The lowest BCUT2D eigenvalue weighted by Crippen LogP contribution is -2.44. The largest absolute Gasteiger partial charge is 0.449 e. The molecule has 29 heavy (non-hydrogen) atoms. The Balaban J connectivity index is 1.52. The molecule has 3 atom stereocenters. The number of morpholine rings is 1. The van der Waals surface area contributed by atoms with Crippen LogP contribution in [0.4, 0.5) is 5.95 Å². The molecule has 8 heteroatoms. The van der Waals surface area contributed by atoms with Gasteiger partial charge in [-0.15, -0.1) is 0 Å². The number of hydrogen-bond acceptors (Lipinski definition) is 7. The molecule has 2 heterocycles. The molecule has 1 aliphatic rings. The number of nitrogens with one attached hydrogen (secondary N) is 1. The maximum absolute atomic E-state index is 12.3. The van der Waals surface area contributed by atoms with Crippen molar-refractivity contribution >= 4 is 17.8 Å². The molecular weight excluding hydrogens is 372 g/mol. The molecule has 0 bridgehead atoms. The van der Waals surface area contributed by atoms with E-state index in [-0.39, 0.29) is 18.2 Å². The van der Waals surface area contributed by atoms with E-state index in [1.165, 1.54) is 19.3 Å². The van der Waals surface area contributed by atoms with Crippen molar-refractivity contribution in [1.82, 2.24) is 14.9 Å². The highest BCUT2D eigenvalue weighted by molar-refractivity contribution is 5.96. The lowest BCUT2D eigenvalue weighted by Gasteiger charge is -2.35. The van der Waals surface area contributed by atoms with Gasteiger partial charge < -0.3 is 9.47 Å². The van der Waals surface area contributed by atoms with E-state index in [0.29, 0.717) is 5.56 Å². The molecule has 0 radical (unpaired) electrons. The van der Waals surface area contributed by atoms with Gasteiger partial charge in [-0.3, -0.25) is 15.0 Å². The van der Waals surface area contributed by atoms with Crippen LogP contribution in [0, 0.1) is 0 Å². The molecule has 1 amide bonds. The zero-order valence-corrected chi connectivity index (χ0v) is 16.9. The maximum atomic E-state index is 12.3. The summed E-state index contributed by atoms with van der Waals surface area (Å²) >= 11 is 0. The molecule has 1 aromatic carbocycles. The Labute approximate surface area is 170 Å². The number of aromatic nitrogens is 2. The van der Waals surface area contributed by atoms with Crippen LogP contribution in [0.2, 0.25) is 0 Å². The zero-order valence-electron chi connectivity index (χ0n) is 16.9. The zero-order chi connectivity index (χ0) is 20.8. The smallest absolute Gasteiger partial charge is 0.338 e. The third-order valence-corrected chi connectivity index (χ3v) is 4.54. The van der Waals surface area contributed by atoms with Crippen LogP contribution < -0.4 is 5.32 Å². The van der Waals surface area contributed by atoms with E-state index in [1.54, 1.807) is 18.2 Å².